The van der Waals surface area contributed by atoms with E-state index in [1.807, 2.05) is 103 Å². The molecule has 0 fully saturated rings. The van der Waals surface area contributed by atoms with E-state index in [0.717, 1.165) is 97.4 Å². The summed E-state index contributed by atoms with van der Waals surface area (Å²) < 4.78 is 24.1. The predicted molar refractivity (Wildman–Crippen MR) is 379 cm³/mol. The first-order chi connectivity index (χ1) is 47.8. The smallest absolute Gasteiger partial charge is 0.203 e. The van der Waals surface area contributed by atoms with Crippen molar-refractivity contribution in [1.29, 1.82) is 0 Å². The minimum Gasteiger partial charge on any atom is -0.454 e. The highest BCUT2D eigenvalue weighted by atomic mass is 16.3. The van der Waals surface area contributed by atoms with Crippen LogP contribution in [-0.4, -0.2) is 18.7 Å². The summed E-state index contributed by atoms with van der Waals surface area (Å²) in [5.74, 6) is 0. The Morgan fingerprint density at radius 3 is 1.29 bits per heavy atom. The zero-order valence-corrected chi connectivity index (χ0v) is 52.2. The third-order valence-corrected chi connectivity index (χ3v) is 19.1. The molecule has 5 aromatic heterocycles. The maximum atomic E-state index is 7.22. The number of benzene rings is 12. The average molecular weight is 1250 g/mol. The molecule has 0 amide bonds. The van der Waals surface area contributed by atoms with Crippen molar-refractivity contribution in [2.45, 2.75) is 26.2 Å². The largest absolute Gasteiger partial charge is 0.454 e. The molecule has 0 saturated heterocycles. The first-order valence-corrected chi connectivity index (χ1v) is 32.0. The van der Waals surface area contributed by atoms with Gasteiger partial charge in [0.05, 0.1) is 53.4 Å². The van der Waals surface area contributed by atoms with E-state index in [-0.39, 0.29) is 0 Å². The normalized spacial score (nSPS) is 12.1. The van der Waals surface area contributed by atoms with E-state index in [9.17, 15) is 0 Å². The molecule has 13 heteroatoms. The lowest BCUT2D eigenvalue weighted by atomic mass is 10.0. The van der Waals surface area contributed by atoms with Crippen molar-refractivity contribution < 1.29 is 23.1 Å². The molecule has 13 nitrogen and oxygen atoms in total. The van der Waals surface area contributed by atoms with Gasteiger partial charge in [-0.3, -0.25) is 0 Å². The Labute approximate surface area is 556 Å². The third-order valence-electron chi connectivity index (χ3n) is 19.1. The van der Waals surface area contributed by atoms with Crippen molar-refractivity contribution in [1.82, 2.24) is 18.7 Å². The van der Waals surface area contributed by atoms with Gasteiger partial charge in [0.1, 0.15) is 44.7 Å². The van der Waals surface area contributed by atoms with E-state index in [2.05, 4.69) is 233 Å². The van der Waals surface area contributed by atoms with Crippen molar-refractivity contribution in [3.05, 3.63) is 347 Å². The van der Waals surface area contributed by atoms with E-state index >= 15 is 0 Å². The molecule has 9 heterocycles. The molecule has 0 unspecified atom stereocenters. The minimum atomic E-state index is 0.666. The van der Waals surface area contributed by atoms with Gasteiger partial charge in [-0.15, -0.1) is 37.5 Å². The van der Waals surface area contributed by atoms with E-state index < -0.39 is 0 Å². The molecular formula is C84H54N12O+4. The van der Waals surface area contributed by atoms with Crippen LogP contribution in [0.1, 0.15) is 22.3 Å². The van der Waals surface area contributed by atoms with Crippen molar-refractivity contribution in [2.75, 3.05) is 0 Å². The van der Waals surface area contributed by atoms with Gasteiger partial charge in [0, 0.05) is 33.0 Å². The van der Waals surface area contributed by atoms with Crippen LogP contribution in [0.3, 0.4) is 0 Å². The monoisotopic (exact) mass is 1250 g/mol. The van der Waals surface area contributed by atoms with E-state index in [4.69, 9.17) is 30.7 Å². The Hall–Kier alpha value is -13.7. The average Bonchev–Trinajstić information content (AvgIpc) is 1.58. The fourth-order valence-electron chi connectivity index (χ4n) is 14.7. The Balaban J connectivity index is 0.0000000940. The van der Waals surface area contributed by atoms with Gasteiger partial charge < -0.3 is 4.42 Å². The topological polar surface area (TPSA) is 65.8 Å². The highest BCUT2D eigenvalue weighted by molar-refractivity contribution is 6.08. The third kappa shape index (κ3) is 9.34. The van der Waals surface area contributed by atoms with E-state index in [1.54, 1.807) is 0 Å². The molecule has 452 valence electrons. The number of fused-ring (bicyclic) bond motifs is 24. The Kier molecular flexibility index (Phi) is 13.0. The number of rotatable bonds is 3. The van der Waals surface area contributed by atoms with Crippen LogP contribution in [0.2, 0.25) is 0 Å². The predicted octanol–water partition coefficient (Wildman–Crippen LogP) is 18.2. The summed E-state index contributed by atoms with van der Waals surface area (Å²) in [6.07, 6.45) is 8.51. The van der Waals surface area contributed by atoms with Gasteiger partial charge in [0.2, 0.25) is 24.8 Å². The van der Waals surface area contributed by atoms with Crippen LogP contribution in [0, 0.1) is 26.3 Å². The van der Waals surface area contributed by atoms with Gasteiger partial charge in [-0.1, -0.05) is 164 Å². The summed E-state index contributed by atoms with van der Waals surface area (Å²) in [5, 5.41) is 6.69. The molecule has 17 aromatic rings. The van der Waals surface area contributed by atoms with Crippen molar-refractivity contribution >= 4 is 88.3 Å². The van der Waals surface area contributed by atoms with Crippen LogP contribution < -0.4 is 18.7 Å². The summed E-state index contributed by atoms with van der Waals surface area (Å²) in [4.78, 5) is 14.1. The van der Waals surface area contributed by atoms with Crippen LogP contribution in [0.4, 0.5) is 22.7 Å². The highest BCUT2D eigenvalue weighted by Crippen LogP contribution is 2.40. The fraction of sp³-hybridized carbons (Fsp3) is 0.0476. The second-order valence-electron chi connectivity index (χ2n) is 24.7. The molecule has 0 radical (unpaired) electrons. The maximum absolute atomic E-state index is 7.22. The first-order valence-electron chi connectivity index (χ1n) is 32.0. The van der Waals surface area contributed by atoms with Crippen molar-refractivity contribution in [3.8, 4) is 56.1 Å². The van der Waals surface area contributed by atoms with Gasteiger partial charge in [0.15, 0.2) is 60.2 Å². The minimum absolute atomic E-state index is 0.666. The quantitative estimate of drug-likeness (QED) is 0.128. The summed E-state index contributed by atoms with van der Waals surface area (Å²) in [5.41, 5.74) is 26.5. The molecular weight excluding hydrogens is 1190 g/mol. The van der Waals surface area contributed by atoms with Crippen molar-refractivity contribution in [3.63, 3.8) is 0 Å². The van der Waals surface area contributed by atoms with E-state index in [0.29, 0.717) is 22.7 Å². The number of aromatic nitrogens is 8. The summed E-state index contributed by atoms with van der Waals surface area (Å²) in [6, 6.07) is 87.3. The SMILES string of the molecule is [C-]#[N+]c1ccc2c(c1)c[n+]1n2-c2c(ccc3c2oc2ccccc23)C1.[C-]#[N+]c1ccc2c(c1)c[n+]1n2-c2c(cccc2-c2ccccc2)C1.[C-]#[N+]c1ccc2c(c1)c[n+]1n2-c2cc(-c3ccccc3)ccc2C1.[C-]#[N+]c1ccc2c(c1)c[n+]1n2-c2ccc(-c3ccccc3)cc2C1. The van der Waals surface area contributed by atoms with Crippen molar-refractivity contribution in [2.24, 2.45) is 0 Å². The number of nitrogens with zero attached hydrogens (tertiary/aromatic N) is 12. The van der Waals surface area contributed by atoms with Gasteiger partial charge in [-0.05, 0) is 119 Å². The van der Waals surface area contributed by atoms with Crippen LogP contribution in [0.5, 0.6) is 0 Å². The lowest BCUT2D eigenvalue weighted by molar-refractivity contribution is -0.749. The highest BCUT2D eigenvalue weighted by Gasteiger charge is 2.35. The number of hydrogen-bond donors (Lipinski definition) is 0. The molecule has 0 atom stereocenters. The van der Waals surface area contributed by atoms with Gasteiger partial charge in [-0.2, -0.15) is 0 Å². The summed E-state index contributed by atoms with van der Waals surface area (Å²) in [6.45, 7) is 32.2. The van der Waals surface area contributed by atoms with Crippen LogP contribution in [0.15, 0.2) is 284 Å². The van der Waals surface area contributed by atoms with E-state index in [1.165, 1.54) is 72.7 Å². The number of furan rings is 1. The Bertz CT molecular complexity index is 6320. The molecule has 0 aliphatic carbocycles. The molecule has 0 spiro atoms. The standard InChI is InChI=1S/C21H12N3O.3C21H14N3/c1-22-15-7-9-18-14(10-15)12-23-11-13-6-8-17-16-4-2-3-5-19(16)25-21(17)20(13)24(18)23;1-22-18-10-11-20-17(12-18)14-23-13-16-8-5-9-19(21(16)24(20)23)15-6-3-2-4-7-15;1-22-19-8-10-21-18(12-19)14-23-13-17-11-16(7-9-20(17)24(21)23)15-5-3-2-4-6-15;1-22-19-9-10-20-18(11-19)14-23-13-17-8-7-16(12-21(17)24(20)23)15-5-3-2-4-6-15/h2-10,12H,11H2;3*2-12,14H,13H2/q4*+1. The second-order valence-corrected chi connectivity index (χ2v) is 24.7. The van der Waals surface area contributed by atoms with Crippen LogP contribution in [0.25, 0.3) is 141 Å². The summed E-state index contributed by atoms with van der Waals surface area (Å²) in [7, 11) is 0. The van der Waals surface area contributed by atoms with Crippen LogP contribution >= 0.6 is 0 Å². The zero-order chi connectivity index (χ0) is 64.8. The van der Waals surface area contributed by atoms with Gasteiger partial charge in [0.25, 0.3) is 0 Å². The Morgan fingerprint density at radius 2 is 0.732 bits per heavy atom. The number of hydrogen-bond acceptors (Lipinski definition) is 1. The molecule has 97 heavy (non-hydrogen) atoms. The lowest BCUT2D eigenvalue weighted by Gasteiger charge is -2.07. The molecule has 21 rings (SSSR count). The Morgan fingerprint density at radius 1 is 0.299 bits per heavy atom. The molecule has 4 aliphatic heterocycles. The van der Waals surface area contributed by atoms with Crippen LogP contribution in [-0.2, 0) is 26.2 Å². The molecule has 4 aliphatic rings. The van der Waals surface area contributed by atoms with Gasteiger partial charge in [-0.25, -0.2) is 19.4 Å². The summed E-state index contributed by atoms with van der Waals surface area (Å²) >= 11 is 0. The molecule has 0 N–H and O–H groups in total. The first kappa shape index (κ1) is 56.1. The lowest BCUT2D eigenvalue weighted by Crippen LogP contribution is -2.36. The second kappa shape index (κ2) is 22.5. The molecule has 12 aromatic carbocycles. The maximum Gasteiger partial charge on any atom is 0.203 e. The molecule has 0 saturated carbocycles. The molecule has 0 bridgehead atoms. The zero-order valence-electron chi connectivity index (χ0n) is 52.2. The van der Waals surface area contributed by atoms with Gasteiger partial charge >= 0.3 is 0 Å². The fourth-order valence-corrected chi connectivity index (χ4v) is 14.7. The number of para-hydroxylation sites is 2.